The summed E-state index contributed by atoms with van der Waals surface area (Å²) in [6.45, 7) is 0.323. The summed E-state index contributed by atoms with van der Waals surface area (Å²) in [4.78, 5) is 35.1. The largest absolute Gasteiger partial charge is 0.347 e. The van der Waals surface area contributed by atoms with E-state index in [2.05, 4.69) is 9.97 Å². The van der Waals surface area contributed by atoms with Crippen molar-refractivity contribution >= 4 is 40.8 Å². The van der Waals surface area contributed by atoms with Gasteiger partial charge in [-0.2, -0.15) is 0 Å². The number of carbonyl (C=O) groups is 2. The van der Waals surface area contributed by atoms with Crippen molar-refractivity contribution in [3.63, 3.8) is 0 Å². The Bertz CT molecular complexity index is 745. The molecule has 1 aromatic heterocycles. The van der Waals surface area contributed by atoms with E-state index in [0.29, 0.717) is 13.0 Å². The van der Waals surface area contributed by atoms with Gasteiger partial charge in [0.25, 0.3) is 5.91 Å². The van der Waals surface area contributed by atoms with Gasteiger partial charge in [0.1, 0.15) is 6.04 Å². The highest BCUT2D eigenvalue weighted by Crippen LogP contribution is 2.39. The summed E-state index contributed by atoms with van der Waals surface area (Å²) in [5.41, 5.74) is 1.91. The molecule has 1 saturated heterocycles. The van der Waals surface area contributed by atoms with Crippen LogP contribution in [-0.4, -0.2) is 32.8 Å². The molecule has 2 aliphatic rings. The van der Waals surface area contributed by atoms with Crippen molar-refractivity contribution in [3.05, 3.63) is 46.0 Å². The van der Waals surface area contributed by atoms with E-state index in [1.165, 1.54) is 4.90 Å². The molecule has 0 spiro atoms. The van der Waals surface area contributed by atoms with Crippen LogP contribution in [0, 0.1) is 0 Å². The van der Waals surface area contributed by atoms with E-state index < -0.39 is 12.1 Å². The molecular formula is C14H10Cl2N4O2. The Morgan fingerprint density at radius 1 is 1.23 bits per heavy atom. The Kier molecular flexibility index (Phi) is 2.92. The number of urea groups is 1. The first-order valence-corrected chi connectivity index (χ1v) is 7.43. The fourth-order valence-corrected chi connectivity index (χ4v) is 3.50. The number of H-pyrrole nitrogens is 1. The van der Waals surface area contributed by atoms with Crippen molar-refractivity contribution in [2.45, 2.75) is 19.0 Å². The fraction of sp³-hybridized carbons (Fsp3) is 0.214. The molecule has 3 heterocycles. The molecular weight excluding hydrogens is 327 g/mol. The summed E-state index contributed by atoms with van der Waals surface area (Å²) in [6.07, 6.45) is 1.96. The molecule has 22 heavy (non-hydrogen) atoms. The van der Waals surface area contributed by atoms with E-state index in [0.717, 1.165) is 16.3 Å². The number of hydrogen-bond donors (Lipinski definition) is 1. The minimum atomic E-state index is -0.560. The molecule has 0 radical (unpaired) electrons. The maximum atomic E-state index is 12.7. The third-order valence-electron chi connectivity index (χ3n) is 4.00. The second kappa shape index (κ2) is 4.72. The minimum absolute atomic E-state index is 0.242. The number of anilines is 1. The van der Waals surface area contributed by atoms with Gasteiger partial charge in [0.2, 0.25) is 0 Å². The first-order chi connectivity index (χ1) is 10.6. The second-order valence-electron chi connectivity index (χ2n) is 5.20. The van der Waals surface area contributed by atoms with Gasteiger partial charge >= 0.3 is 6.03 Å². The maximum absolute atomic E-state index is 12.7. The Morgan fingerprint density at radius 3 is 2.68 bits per heavy atom. The quantitative estimate of drug-likeness (QED) is 0.814. The minimum Gasteiger partial charge on any atom is -0.347 e. The summed E-state index contributed by atoms with van der Waals surface area (Å²) in [7, 11) is 0. The molecule has 3 amide bonds. The van der Waals surface area contributed by atoms with Crippen molar-refractivity contribution < 1.29 is 9.59 Å². The number of hydrogen-bond acceptors (Lipinski definition) is 3. The highest BCUT2D eigenvalue weighted by atomic mass is 35.5. The summed E-state index contributed by atoms with van der Waals surface area (Å²) >= 11 is 12.3. The predicted octanol–water partition coefficient (Wildman–Crippen LogP) is 2.61. The number of nitrogens with zero attached hydrogens (tertiary/aromatic N) is 3. The van der Waals surface area contributed by atoms with Gasteiger partial charge < -0.3 is 9.88 Å². The van der Waals surface area contributed by atoms with E-state index in [4.69, 9.17) is 23.2 Å². The van der Waals surface area contributed by atoms with Gasteiger partial charge in [-0.05, 0) is 12.1 Å². The Morgan fingerprint density at radius 2 is 1.95 bits per heavy atom. The SMILES string of the molecule is O=C1C2Cc3nc[nH]c3CN2C(=O)N1c1c(Cl)cccc1Cl. The normalized spacial score (nSPS) is 20.4. The number of carbonyl (C=O) groups excluding carboxylic acids is 2. The van der Waals surface area contributed by atoms with Crippen molar-refractivity contribution in [2.24, 2.45) is 0 Å². The highest BCUT2D eigenvalue weighted by Gasteiger charge is 2.49. The van der Waals surface area contributed by atoms with E-state index in [-0.39, 0.29) is 21.6 Å². The number of benzene rings is 1. The summed E-state index contributed by atoms with van der Waals surface area (Å²) in [6, 6.07) is 3.90. The molecule has 0 aliphatic carbocycles. The van der Waals surface area contributed by atoms with Crippen LogP contribution in [0.3, 0.4) is 0 Å². The lowest BCUT2D eigenvalue weighted by atomic mass is 10.0. The number of aromatic amines is 1. The summed E-state index contributed by atoms with van der Waals surface area (Å²) < 4.78 is 0. The van der Waals surface area contributed by atoms with Crippen LogP contribution in [0.25, 0.3) is 0 Å². The van der Waals surface area contributed by atoms with Crippen LogP contribution < -0.4 is 4.90 Å². The van der Waals surface area contributed by atoms with Crippen LogP contribution in [0.4, 0.5) is 10.5 Å². The monoisotopic (exact) mass is 336 g/mol. The number of fused-ring (bicyclic) bond motifs is 2. The second-order valence-corrected chi connectivity index (χ2v) is 6.02. The van der Waals surface area contributed by atoms with Gasteiger partial charge in [-0.25, -0.2) is 14.7 Å². The number of rotatable bonds is 1. The number of nitrogens with one attached hydrogen (secondary N) is 1. The van der Waals surface area contributed by atoms with Gasteiger partial charge in [0.05, 0.1) is 40.0 Å². The third kappa shape index (κ3) is 1.77. The molecule has 1 unspecified atom stereocenters. The molecule has 1 aromatic carbocycles. The highest BCUT2D eigenvalue weighted by molar-refractivity contribution is 6.42. The zero-order chi connectivity index (χ0) is 15.4. The lowest BCUT2D eigenvalue weighted by molar-refractivity contribution is -0.120. The molecule has 4 rings (SSSR count). The summed E-state index contributed by atoms with van der Waals surface area (Å²) in [5, 5.41) is 0.538. The molecule has 2 aliphatic heterocycles. The molecule has 2 aromatic rings. The smallest absolute Gasteiger partial charge is 0.332 e. The van der Waals surface area contributed by atoms with Crippen LogP contribution in [0.2, 0.25) is 10.0 Å². The lowest BCUT2D eigenvalue weighted by Gasteiger charge is -2.25. The molecule has 1 N–H and O–H groups in total. The summed E-state index contributed by atoms with van der Waals surface area (Å²) in [5.74, 6) is -0.325. The maximum Gasteiger partial charge on any atom is 0.332 e. The van der Waals surface area contributed by atoms with Crippen LogP contribution in [0.15, 0.2) is 24.5 Å². The molecule has 1 fully saturated rings. The molecule has 0 saturated carbocycles. The Balaban J connectivity index is 1.78. The van der Waals surface area contributed by atoms with Crippen molar-refractivity contribution in [1.82, 2.24) is 14.9 Å². The van der Waals surface area contributed by atoms with Gasteiger partial charge in [-0.3, -0.25) is 4.79 Å². The average Bonchev–Trinajstić information content (AvgIpc) is 3.03. The number of imidazole rings is 1. The zero-order valence-corrected chi connectivity index (χ0v) is 12.7. The van der Waals surface area contributed by atoms with Crippen molar-refractivity contribution in [2.75, 3.05) is 4.90 Å². The predicted molar refractivity (Wildman–Crippen MR) is 81.0 cm³/mol. The van der Waals surface area contributed by atoms with Gasteiger partial charge in [0, 0.05) is 6.42 Å². The number of halogens is 2. The van der Waals surface area contributed by atoms with Crippen LogP contribution in [0.1, 0.15) is 11.4 Å². The first kappa shape index (κ1) is 13.6. The number of para-hydroxylation sites is 1. The number of imide groups is 1. The van der Waals surface area contributed by atoms with E-state index in [9.17, 15) is 9.59 Å². The van der Waals surface area contributed by atoms with Crippen LogP contribution in [-0.2, 0) is 17.8 Å². The van der Waals surface area contributed by atoms with E-state index in [1.807, 2.05) is 0 Å². The molecule has 1 atom stereocenters. The van der Waals surface area contributed by atoms with Crippen LogP contribution >= 0.6 is 23.2 Å². The standard InChI is InChI=1S/C14H10Cl2N4O2/c15-7-2-1-3-8(16)12(7)20-13(21)11-4-9-10(18-6-17-9)5-19(11)14(20)22/h1-3,6,11H,4-5H2,(H,17,18). The molecule has 0 bridgehead atoms. The number of aromatic nitrogens is 2. The molecule has 8 heteroatoms. The number of amides is 3. The first-order valence-electron chi connectivity index (χ1n) is 6.67. The topological polar surface area (TPSA) is 69.3 Å². The molecule has 6 nitrogen and oxygen atoms in total. The fourth-order valence-electron chi connectivity index (χ4n) is 2.94. The zero-order valence-electron chi connectivity index (χ0n) is 11.2. The van der Waals surface area contributed by atoms with Gasteiger partial charge in [-0.15, -0.1) is 0 Å². The van der Waals surface area contributed by atoms with Crippen LogP contribution in [0.5, 0.6) is 0 Å². The third-order valence-corrected chi connectivity index (χ3v) is 4.61. The Hall–Kier alpha value is -2.05. The molecule has 112 valence electrons. The van der Waals surface area contributed by atoms with Gasteiger partial charge in [0.15, 0.2) is 0 Å². The average molecular weight is 337 g/mol. The van der Waals surface area contributed by atoms with E-state index in [1.54, 1.807) is 24.5 Å². The van der Waals surface area contributed by atoms with Gasteiger partial charge in [-0.1, -0.05) is 29.3 Å². The van der Waals surface area contributed by atoms with E-state index >= 15 is 0 Å². The van der Waals surface area contributed by atoms with Crippen molar-refractivity contribution in [1.29, 1.82) is 0 Å². The van der Waals surface area contributed by atoms with Crippen molar-refractivity contribution in [3.8, 4) is 0 Å². The Labute approximate surface area is 135 Å². The lowest BCUT2D eigenvalue weighted by Crippen LogP contribution is -2.40.